The van der Waals surface area contributed by atoms with Crippen LogP contribution in [0.5, 0.6) is 5.75 Å². The standard InChI is InChI=1S/C18H17BrFNO3/c19-14-10-12(18(22)21-16-6-2-1-5-15(16)20)7-8-17(14)24-11-13-4-3-9-23-13/h1-2,5-8,10,13H,3-4,9,11H2,(H,21,22)/t13-/m0/s1. The van der Waals surface area contributed by atoms with E-state index in [0.717, 1.165) is 19.4 Å². The van der Waals surface area contributed by atoms with Gasteiger partial charge in [0.15, 0.2) is 0 Å². The van der Waals surface area contributed by atoms with Crippen molar-refractivity contribution in [3.05, 3.63) is 58.3 Å². The van der Waals surface area contributed by atoms with E-state index in [4.69, 9.17) is 9.47 Å². The average Bonchev–Trinajstić information content (AvgIpc) is 3.09. The van der Waals surface area contributed by atoms with Crippen molar-refractivity contribution >= 4 is 27.5 Å². The second kappa shape index (κ2) is 7.77. The zero-order chi connectivity index (χ0) is 16.9. The minimum absolute atomic E-state index is 0.126. The summed E-state index contributed by atoms with van der Waals surface area (Å²) in [6, 6.07) is 11.1. The topological polar surface area (TPSA) is 47.6 Å². The van der Waals surface area contributed by atoms with Crippen molar-refractivity contribution in [1.29, 1.82) is 0 Å². The molecule has 126 valence electrons. The number of amides is 1. The summed E-state index contributed by atoms with van der Waals surface area (Å²) in [7, 11) is 0. The molecule has 1 aliphatic rings. The summed E-state index contributed by atoms with van der Waals surface area (Å²) in [5.74, 6) is -0.208. The number of para-hydroxylation sites is 1. The number of nitrogens with one attached hydrogen (secondary N) is 1. The third kappa shape index (κ3) is 4.13. The fraction of sp³-hybridized carbons (Fsp3) is 0.278. The van der Waals surface area contributed by atoms with E-state index < -0.39 is 5.82 Å². The Balaban J connectivity index is 1.65. The summed E-state index contributed by atoms with van der Waals surface area (Å²) >= 11 is 3.41. The summed E-state index contributed by atoms with van der Waals surface area (Å²) in [4.78, 5) is 12.2. The van der Waals surface area contributed by atoms with Gasteiger partial charge in [-0.2, -0.15) is 0 Å². The fourth-order valence-electron chi connectivity index (χ4n) is 2.47. The van der Waals surface area contributed by atoms with Gasteiger partial charge in [-0.05, 0) is 59.1 Å². The van der Waals surface area contributed by atoms with E-state index in [0.29, 0.717) is 22.4 Å². The Kier molecular flexibility index (Phi) is 5.48. The quantitative estimate of drug-likeness (QED) is 0.818. The van der Waals surface area contributed by atoms with Gasteiger partial charge in [0.2, 0.25) is 0 Å². The smallest absolute Gasteiger partial charge is 0.255 e. The minimum Gasteiger partial charge on any atom is -0.490 e. The van der Waals surface area contributed by atoms with Crippen LogP contribution >= 0.6 is 15.9 Å². The molecule has 1 amide bonds. The predicted molar refractivity (Wildman–Crippen MR) is 93.0 cm³/mol. The molecule has 0 spiro atoms. The normalized spacial score (nSPS) is 16.8. The van der Waals surface area contributed by atoms with E-state index in [1.807, 2.05) is 0 Å². The van der Waals surface area contributed by atoms with Crippen LogP contribution in [0.3, 0.4) is 0 Å². The van der Waals surface area contributed by atoms with Crippen LogP contribution in [0.2, 0.25) is 0 Å². The molecule has 3 rings (SSSR count). The van der Waals surface area contributed by atoms with Crippen molar-refractivity contribution in [3.63, 3.8) is 0 Å². The molecule has 0 saturated carbocycles. The van der Waals surface area contributed by atoms with Crippen LogP contribution in [-0.4, -0.2) is 25.2 Å². The molecule has 0 aliphatic carbocycles. The molecule has 6 heteroatoms. The van der Waals surface area contributed by atoms with Crippen molar-refractivity contribution in [2.75, 3.05) is 18.5 Å². The number of halogens is 2. The first kappa shape index (κ1) is 16.9. The summed E-state index contributed by atoms with van der Waals surface area (Å²) < 4.78 is 25.5. The molecule has 0 unspecified atom stereocenters. The maximum absolute atomic E-state index is 13.6. The lowest BCUT2D eigenvalue weighted by atomic mass is 10.2. The first-order valence-corrected chi connectivity index (χ1v) is 8.52. The fourth-order valence-corrected chi connectivity index (χ4v) is 2.97. The summed E-state index contributed by atoms with van der Waals surface area (Å²) in [5.41, 5.74) is 0.562. The van der Waals surface area contributed by atoms with E-state index in [1.165, 1.54) is 12.1 Å². The molecular weight excluding hydrogens is 377 g/mol. The van der Waals surface area contributed by atoms with Gasteiger partial charge in [-0.15, -0.1) is 0 Å². The molecule has 1 saturated heterocycles. The first-order chi connectivity index (χ1) is 11.6. The Morgan fingerprint density at radius 3 is 2.88 bits per heavy atom. The molecule has 1 heterocycles. The number of carbonyl (C=O) groups is 1. The molecule has 0 aromatic heterocycles. The SMILES string of the molecule is O=C(Nc1ccccc1F)c1ccc(OC[C@@H]2CCCO2)c(Br)c1. The van der Waals surface area contributed by atoms with Crippen LogP contribution in [-0.2, 0) is 4.74 Å². The second-order valence-electron chi connectivity index (χ2n) is 5.53. The van der Waals surface area contributed by atoms with Crippen molar-refractivity contribution in [2.45, 2.75) is 18.9 Å². The molecule has 0 bridgehead atoms. The molecule has 2 aromatic carbocycles. The van der Waals surface area contributed by atoms with Crippen LogP contribution in [0, 0.1) is 5.82 Å². The van der Waals surface area contributed by atoms with Gasteiger partial charge >= 0.3 is 0 Å². The number of carbonyl (C=O) groups excluding carboxylic acids is 1. The molecule has 0 radical (unpaired) electrons. The van der Waals surface area contributed by atoms with Crippen LogP contribution in [0.4, 0.5) is 10.1 Å². The van der Waals surface area contributed by atoms with Crippen LogP contribution < -0.4 is 10.1 Å². The maximum atomic E-state index is 13.6. The molecular formula is C18H17BrFNO3. The monoisotopic (exact) mass is 393 g/mol. The lowest BCUT2D eigenvalue weighted by molar-refractivity contribution is 0.0677. The van der Waals surface area contributed by atoms with Crippen molar-refractivity contribution in [1.82, 2.24) is 0 Å². The average molecular weight is 394 g/mol. The van der Waals surface area contributed by atoms with Crippen LogP contribution in [0.15, 0.2) is 46.9 Å². The van der Waals surface area contributed by atoms with Crippen LogP contribution in [0.25, 0.3) is 0 Å². The van der Waals surface area contributed by atoms with Crippen LogP contribution in [0.1, 0.15) is 23.2 Å². The summed E-state index contributed by atoms with van der Waals surface area (Å²) in [6.07, 6.45) is 2.19. The van der Waals surface area contributed by atoms with Crippen molar-refractivity contribution in [2.24, 2.45) is 0 Å². The van der Waals surface area contributed by atoms with Gasteiger partial charge < -0.3 is 14.8 Å². The highest BCUT2D eigenvalue weighted by atomic mass is 79.9. The predicted octanol–water partition coefficient (Wildman–Crippen LogP) is 4.40. The number of ether oxygens (including phenoxy) is 2. The maximum Gasteiger partial charge on any atom is 0.255 e. The number of hydrogen-bond acceptors (Lipinski definition) is 3. The van der Waals surface area contributed by atoms with E-state index >= 15 is 0 Å². The summed E-state index contributed by atoms with van der Waals surface area (Å²) in [5, 5.41) is 2.55. The Morgan fingerprint density at radius 2 is 2.17 bits per heavy atom. The molecule has 1 fully saturated rings. The van der Waals surface area contributed by atoms with E-state index in [9.17, 15) is 9.18 Å². The molecule has 1 N–H and O–H groups in total. The Bertz CT molecular complexity index is 732. The number of rotatable bonds is 5. The third-order valence-electron chi connectivity index (χ3n) is 3.76. The Hall–Kier alpha value is -1.92. The van der Waals surface area contributed by atoms with E-state index in [2.05, 4.69) is 21.2 Å². The largest absolute Gasteiger partial charge is 0.490 e. The lowest BCUT2D eigenvalue weighted by Crippen LogP contribution is -2.17. The second-order valence-corrected chi connectivity index (χ2v) is 6.38. The zero-order valence-electron chi connectivity index (χ0n) is 12.9. The highest BCUT2D eigenvalue weighted by Crippen LogP contribution is 2.27. The summed E-state index contributed by atoms with van der Waals surface area (Å²) in [6.45, 7) is 1.27. The van der Waals surface area contributed by atoms with Crippen molar-refractivity contribution in [3.8, 4) is 5.75 Å². The van der Waals surface area contributed by atoms with E-state index in [-0.39, 0.29) is 17.7 Å². The number of hydrogen-bond donors (Lipinski definition) is 1. The Labute approximate surface area is 148 Å². The highest BCUT2D eigenvalue weighted by molar-refractivity contribution is 9.10. The molecule has 4 nitrogen and oxygen atoms in total. The number of benzene rings is 2. The van der Waals surface area contributed by atoms with Gasteiger partial charge in [0, 0.05) is 12.2 Å². The third-order valence-corrected chi connectivity index (χ3v) is 4.38. The van der Waals surface area contributed by atoms with Gasteiger partial charge in [0.05, 0.1) is 16.3 Å². The number of anilines is 1. The first-order valence-electron chi connectivity index (χ1n) is 7.73. The molecule has 1 atom stereocenters. The van der Waals surface area contributed by atoms with Gasteiger partial charge in [-0.25, -0.2) is 4.39 Å². The van der Waals surface area contributed by atoms with Gasteiger partial charge in [0.25, 0.3) is 5.91 Å². The van der Waals surface area contributed by atoms with Gasteiger partial charge in [-0.1, -0.05) is 12.1 Å². The zero-order valence-corrected chi connectivity index (χ0v) is 14.5. The Morgan fingerprint density at radius 1 is 1.33 bits per heavy atom. The molecule has 24 heavy (non-hydrogen) atoms. The highest BCUT2D eigenvalue weighted by Gasteiger charge is 2.17. The van der Waals surface area contributed by atoms with E-state index in [1.54, 1.807) is 30.3 Å². The molecule has 2 aromatic rings. The van der Waals surface area contributed by atoms with Gasteiger partial charge in [0.1, 0.15) is 18.2 Å². The minimum atomic E-state index is -0.471. The van der Waals surface area contributed by atoms with Gasteiger partial charge in [-0.3, -0.25) is 4.79 Å². The molecule has 1 aliphatic heterocycles. The lowest BCUT2D eigenvalue weighted by Gasteiger charge is -2.13. The van der Waals surface area contributed by atoms with Crippen molar-refractivity contribution < 1.29 is 18.7 Å².